The van der Waals surface area contributed by atoms with Crippen molar-refractivity contribution < 1.29 is 143 Å². The van der Waals surface area contributed by atoms with Gasteiger partial charge in [-0.25, -0.2) is 18.3 Å². The van der Waals surface area contributed by atoms with E-state index in [0.717, 1.165) is 73.0 Å². The van der Waals surface area contributed by atoms with Gasteiger partial charge in [-0.2, -0.15) is 11.8 Å². The maximum absolute atomic E-state index is 10.7. The molecule has 9 nitrogen and oxygen atoms in total. The SMILES string of the molecule is CCc1ccc(C(c2ccc(OCCOCCOc3cccc4c(OCCOCCSC)cccc34)cc2)(c2ccc(C(C)(C)C)cc2)c2ccc(C(C)(C)C)cc2)cc1.F[P-](F)(F)(F)(F)F.F[P-](F)(F)(F)(F)F.F[P-](F)(F)(F)(F)F.F[P-](F)(F)(F)(F)F.c1cc2ccc1C[n+]1ccc(cc1)-c1cc[n+](cc1)Cc1ccc(cc1)C[n+]1ccc(cc1)-c1cc[n+](cc1)C2. The van der Waals surface area contributed by atoms with Gasteiger partial charge in [0.25, 0.3) is 0 Å². The zero-order chi connectivity index (χ0) is 95.0. The van der Waals surface area contributed by atoms with Gasteiger partial charge >= 0.3 is 132 Å². The zero-order valence-corrected chi connectivity index (χ0v) is 74.7. The summed E-state index contributed by atoms with van der Waals surface area (Å²) in [5.41, 5.74) is 18.5. The van der Waals surface area contributed by atoms with Crippen LogP contribution >= 0.6 is 43.0 Å². The number of hydrogen-bond acceptors (Lipinski definition) is 6. The number of ether oxygens (including phenoxy) is 5. The van der Waals surface area contributed by atoms with Crippen molar-refractivity contribution in [2.75, 3.05) is 58.3 Å². The molecule has 12 aromatic rings. The summed E-state index contributed by atoms with van der Waals surface area (Å²) in [6, 6.07) is 84.0. The molecule has 0 saturated carbocycles. The van der Waals surface area contributed by atoms with Gasteiger partial charge in [-0.15, -0.1) is 0 Å². The van der Waals surface area contributed by atoms with Crippen molar-refractivity contribution >= 4 is 53.8 Å². The summed E-state index contributed by atoms with van der Waals surface area (Å²) in [6.45, 7) is 22.8. The molecule has 12 bridgehead atoms. The summed E-state index contributed by atoms with van der Waals surface area (Å²) in [6.07, 6.45) is 20.4. The minimum atomic E-state index is -10.7. The number of rotatable bonds is 20. The van der Waals surface area contributed by atoms with Crippen LogP contribution in [0, 0.1) is 0 Å². The van der Waals surface area contributed by atoms with Gasteiger partial charge in [-0.3, -0.25) is 0 Å². The summed E-state index contributed by atoms with van der Waals surface area (Å²) in [7, 11) is -42.6. The molecule has 0 atom stereocenters. The summed E-state index contributed by atoms with van der Waals surface area (Å²) in [4.78, 5) is 0. The van der Waals surface area contributed by atoms with Crippen molar-refractivity contribution in [1.29, 1.82) is 0 Å². The molecule has 0 spiro atoms. The van der Waals surface area contributed by atoms with Crippen molar-refractivity contribution in [3.8, 4) is 39.5 Å². The van der Waals surface area contributed by atoms with Crippen LogP contribution in [-0.4, -0.2) is 58.3 Å². The third kappa shape index (κ3) is 41.0. The average Bonchev–Trinajstić information content (AvgIpc) is 0.725. The normalized spacial score (nSPS) is 14.7. The molecule has 0 unspecified atom stereocenters. The number of halogens is 24. The molecule has 0 fully saturated rings. The van der Waals surface area contributed by atoms with Crippen LogP contribution in [0.2, 0.25) is 0 Å². The van der Waals surface area contributed by atoms with Crippen LogP contribution in [0.5, 0.6) is 17.2 Å². The number of nitrogens with zero attached hydrogens (tertiary/aromatic N) is 4. The molecule has 16 aliphatic heterocycles. The molecule has 38 heteroatoms. The third-order valence-corrected chi connectivity index (χ3v) is 19.5. The fourth-order valence-electron chi connectivity index (χ4n) is 13.1. The Morgan fingerprint density at radius 2 is 0.516 bits per heavy atom. The monoisotopic (exact) mass is 1920 g/mol. The first kappa shape index (κ1) is 104. The Morgan fingerprint density at radius 3 is 0.766 bits per heavy atom. The number of aromatic nitrogens is 4. The van der Waals surface area contributed by atoms with Crippen molar-refractivity contribution in [1.82, 2.24) is 0 Å². The van der Waals surface area contributed by atoms with Gasteiger partial charge in [0.1, 0.15) is 37.1 Å². The smallest absolute Gasteiger partial charge is 0.173 e. The van der Waals surface area contributed by atoms with E-state index in [0.29, 0.717) is 39.6 Å². The molecule has 8 aromatic carbocycles. The second kappa shape index (κ2) is 37.7. The largest absolute Gasteiger partial charge is 0.201 e. The number of benzene rings is 8. The van der Waals surface area contributed by atoms with E-state index in [1.807, 2.05) is 24.3 Å². The maximum Gasteiger partial charge on any atom is 0.173 e. The number of thioether (sulfide) groups is 1. The van der Waals surface area contributed by atoms with E-state index in [1.54, 1.807) is 11.8 Å². The molecule has 700 valence electrons. The zero-order valence-electron chi connectivity index (χ0n) is 70.3. The molecule has 20 heterocycles. The summed E-state index contributed by atoms with van der Waals surface area (Å²) < 4.78 is 276. The number of aryl methyl sites for hydroxylation is 1. The minimum absolute atomic E-state index is 0.0496. The number of fused-ring (bicyclic) bond motifs is 1. The van der Waals surface area contributed by atoms with Crippen LogP contribution < -0.4 is 32.5 Å². The first-order chi connectivity index (χ1) is 58.5. The number of pyridine rings is 4. The van der Waals surface area contributed by atoms with Gasteiger partial charge in [-0.05, 0) is 109 Å². The topological polar surface area (TPSA) is 61.7 Å². The van der Waals surface area contributed by atoms with E-state index < -0.39 is 36.6 Å². The molecule has 4 aromatic heterocycles. The Kier molecular flexibility index (Phi) is 30.5. The van der Waals surface area contributed by atoms with E-state index in [2.05, 4.69) is 329 Å². The van der Waals surface area contributed by atoms with Crippen LogP contribution in [0.4, 0.5) is 101 Å². The molecule has 0 aliphatic carbocycles. The molecular weight excluding hydrogens is 1830 g/mol. The Bertz CT molecular complexity index is 5140. The van der Waals surface area contributed by atoms with Gasteiger partial charge in [-0.1, -0.05) is 206 Å². The summed E-state index contributed by atoms with van der Waals surface area (Å²) >= 11 is 1.78. The van der Waals surface area contributed by atoms with Gasteiger partial charge in [0.15, 0.2) is 75.8 Å². The fraction of sp³-hybridized carbons (Fsp3) is 0.267. The molecule has 0 radical (unpaired) electrons. The van der Waals surface area contributed by atoms with Crippen LogP contribution in [0.15, 0.2) is 280 Å². The summed E-state index contributed by atoms with van der Waals surface area (Å²) in [5.74, 6) is 3.43. The van der Waals surface area contributed by atoms with Gasteiger partial charge in [0.2, 0.25) is 0 Å². The van der Waals surface area contributed by atoms with Crippen LogP contribution in [0.25, 0.3) is 33.0 Å². The first-order valence-electron chi connectivity index (χ1n) is 39.3. The molecule has 0 saturated heterocycles. The third-order valence-electron chi connectivity index (χ3n) is 18.9. The minimum Gasteiger partial charge on any atom is -0.201 e. The fourth-order valence-corrected chi connectivity index (χ4v) is 13.4. The molecule has 128 heavy (non-hydrogen) atoms. The van der Waals surface area contributed by atoms with Crippen molar-refractivity contribution in [3.05, 3.63) is 341 Å². The standard InChI is InChI=1S/C54H64O5S.C36H32N4.4F6P/c1-9-40-16-18-43(19-17-40)54(44-24-20-41(21-25-44)52(2,3)4,45-26-22-42(23-27-45)53(5,6)7)46-28-30-47(31-29-46)57-35-32-55-33-36-58-50-14-10-13-49-48(50)12-11-15-51(49)59-37-34-56-38-39-60-8;1-2-30-4-3-29(1)25-37-17-9-33(10-18-37)35-13-21-39(22-14-35)27-31-5-7-32(8-6-31)28-40-23-15-36(16-24-40)34-11-19-38(26-30)20-12-34;4*1-7(2,3,4,5)6/h10-31H,9,32-39H2,1-8H3;1-24H,25-28H2;;;;/q;+4;4*-1. The predicted molar refractivity (Wildman–Crippen MR) is 460 cm³/mol. The Balaban J connectivity index is 0.000000252. The second-order valence-electron chi connectivity index (χ2n) is 31.9. The van der Waals surface area contributed by atoms with Crippen LogP contribution in [0.3, 0.4) is 0 Å². The molecule has 28 rings (SSSR count). The molecule has 0 amide bonds. The van der Waals surface area contributed by atoms with Crippen molar-refractivity contribution in [2.45, 2.75) is 97.3 Å². The van der Waals surface area contributed by atoms with Crippen molar-refractivity contribution in [2.24, 2.45) is 0 Å². The maximum atomic E-state index is 9.87. The second-order valence-corrected chi connectivity index (χ2v) is 40.5. The number of hydrogen-bond donors (Lipinski definition) is 0. The molecule has 0 N–H and O–H groups in total. The van der Waals surface area contributed by atoms with Crippen LogP contribution in [0.1, 0.15) is 110 Å². The quantitative estimate of drug-likeness (QED) is 0.0249. The molecule has 16 aliphatic rings. The van der Waals surface area contributed by atoms with Crippen LogP contribution in [-0.2, 0) is 58.3 Å². The average molecular weight is 1930 g/mol. The summed E-state index contributed by atoms with van der Waals surface area (Å²) in [5, 5.41) is 2.03. The van der Waals surface area contributed by atoms with Gasteiger partial charge < -0.3 is 23.7 Å². The van der Waals surface area contributed by atoms with E-state index >= 15 is 0 Å². The van der Waals surface area contributed by atoms with Crippen molar-refractivity contribution in [3.63, 3.8) is 0 Å². The predicted octanol–water partition coefficient (Wildman–Crippen LogP) is 30.8. The van der Waals surface area contributed by atoms with E-state index in [1.165, 1.54) is 83.5 Å². The molecular formula is C90H96F24N4O5P4S. The van der Waals surface area contributed by atoms with E-state index in [-0.39, 0.29) is 10.8 Å². The first-order valence-corrected chi connectivity index (χ1v) is 48.8. The van der Waals surface area contributed by atoms with E-state index in [4.69, 9.17) is 23.7 Å². The van der Waals surface area contributed by atoms with Gasteiger partial charge in [0, 0.05) is 87.3 Å². The van der Waals surface area contributed by atoms with E-state index in [9.17, 15) is 101 Å². The Morgan fingerprint density at radius 1 is 0.281 bits per heavy atom. The Labute approximate surface area is 729 Å². The Hall–Kier alpha value is -9.67. The van der Waals surface area contributed by atoms with Gasteiger partial charge in [0.05, 0.1) is 31.8 Å².